The van der Waals surface area contributed by atoms with E-state index >= 15 is 0 Å². The molecule has 0 spiro atoms. The van der Waals surface area contributed by atoms with Crippen LogP contribution >= 0.6 is 27.3 Å². The second kappa shape index (κ2) is 6.60. The third kappa shape index (κ3) is 3.26. The van der Waals surface area contributed by atoms with Crippen molar-refractivity contribution in [1.82, 2.24) is 5.32 Å². The van der Waals surface area contributed by atoms with Crippen LogP contribution in [0.3, 0.4) is 0 Å². The Bertz CT molecular complexity index is 289. The molecule has 15 heavy (non-hydrogen) atoms. The van der Waals surface area contributed by atoms with Crippen molar-refractivity contribution in [3.63, 3.8) is 0 Å². The van der Waals surface area contributed by atoms with Crippen molar-refractivity contribution in [3.8, 4) is 0 Å². The maximum atomic E-state index is 5.29. The van der Waals surface area contributed by atoms with E-state index in [9.17, 15) is 0 Å². The van der Waals surface area contributed by atoms with E-state index in [-0.39, 0.29) is 12.3 Å². The fourth-order valence-electron chi connectivity index (χ4n) is 1.45. The van der Waals surface area contributed by atoms with E-state index in [4.69, 9.17) is 9.47 Å². The molecule has 3 nitrogen and oxygen atoms in total. The number of ether oxygens (including phenoxy) is 2. The second-order valence-corrected chi connectivity index (χ2v) is 4.65. The van der Waals surface area contributed by atoms with Gasteiger partial charge in [-0.1, -0.05) is 6.92 Å². The normalized spacial score (nSPS) is 13.4. The molecule has 0 radical (unpaired) electrons. The van der Waals surface area contributed by atoms with Gasteiger partial charge in [0.15, 0.2) is 6.29 Å². The summed E-state index contributed by atoms with van der Waals surface area (Å²) in [7, 11) is 3.30. The number of hydrogen-bond donors (Lipinski definition) is 1. The van der Waals surface area contributed by atoms with Crippen LogP contribution in [0.4, 0.5) is 0 Å². The molecule has 0 aliphatic rings. The summed E-state index contributed by atoms with van der Waals surface area (Å²) in [5.74, 6) is 0. The molecule has 1 atom stereocenters. The van der Waals surface area contributed by atoms with Crippen LogP contribution in [0.1, 0.15) is 18.5 Å². The second-order valence-electron chi connectivity index (χ2n) is 3.05. The fraction of sp³-hybridized carbons (Fsp3) is 0.600. The third-order valence-corrected chi connectivity index (χ3v) is 3.89. The Kier molecular flexibility index (Phi) is 5.78. The Morgan fingerprint density at radius 2 is 2.07 bits per heavy atom. The van der Waals surface area contributed by atoms with Crippen LogP contribution in [0.2, 0.25) is 0 Å². The van der Waals surface area contributed by atoms with Gasteiger partial charge in [-0.05, 0) is 33.4 Å². The predicted molar refractivity (Wildman–Crippen MR) is 66.2 cm³/mol. The fourth-order valence-corrected chi connectivity index (χ4v) is 3.03. The Labute approximate surface area is 103 Å². The molecule has 0 fully saturated rings. The third-order valence-electron chi connectivity index (χ3n) is 2.14. The van der Waals surface area contributed by atoms with Crippen molar-refractivity contribution in [2.45, 2.75) is 19.3 Å². The average molecular weight is 294 g/mol. The molecule has 0 aromatic carbocycles. The SMILES string of the molecule is CCNC(c1cscc1Br)C(OC)OC. The largest absolute Gasteiger partial charge is 0.354 e. The number of halogens is 1. The molecule has 0 amide bonds. The first-order chi connectivity index (χ1) is 7.24. The van der Waals surface area contributed by atoms with Crippen LogP contribution in [0.15, 0.2) is 15.2 Å². The number of rotatable bonds is 6. The number of hydrogen-bond acceptors (Lipinski definition) is 4. The van der Waals surface area contributed by atoms with Gasteiger partial charge in [0.2, 0.25) is 0 Å². The van der Waals surface area contributed by atoms with E-state index in [0.29, 0.717) is 0 Å². The van der Waals surface area contributed by atoms with Gasteiger partial charge in [-0.25, -0.2) is 0 Å². The maximum Gasteiger partial charge on any atom is 0.176 e. The zero-order valence-electron chi connectivity index (χ0n) is 9.12. The zero-order valence-corrected chi connectivity index (χ0v) is 11.5. The molecule has 86 valence electrons. The lowest BCUT2D eigenvalue weighted by molar-refractivity contribution is -0.124. The molecular formula is C10H16BrNO2S. The summed E-state index contributed by atoms with van der Waals surface area (Å²) in [6, 6.07) is 0.0608. The summed E-state index contributed by atoms with van der Waals surface area (Å²) in [6.07, 6.45) is -0.268. The highest BCUT2D eigenvalue weighted by Crippen LogP contribution is 2.30. The summed E-state index contributed by atoms with van der Waals surface area (Å²) in [6.45, 7) is 2.94. The lowest BCUT2D eigenvalue weighted by Gasteiger charge is -2.25. The first-order valence-corrected chi connectivity index (χ1v) is 6.48. The lowest BCUT2D eigenvalue weighted by atomic mass is 10.1. The minimum absolute atomic E-state index is 0.0608. The summed E-state index contributed by atoms with van der Waals surface area (Å²) in [4.78, 5) is 0. The van der Waals surface area contributed by atoms with Gasteiger partial charge in [0.05, 0.1) is 6.04 Å². The van der Waals surface area contributed by atoms with Gasteiger partial charge in [-0.3, -0.25) is 0 Å². The molecule has 0 saturated carbocycles. The van der Waals surface area contributed by atoms with Crippen molar-refractivity contribution in [2.24, 2.45) is 0 Å². The predicted octanol–water partition coefficient (Wildman–Crippen LogP) is 2.78. The molecular weight excluding hydrogens is 278 g/mol. The Hall–Kier alpha value is 0.0600. The summed E-state index contributed by atoms with van der Waals surface area (Å²) >= 11 is 5.18. The number of nitrogens with one attached hydrogen (secondary N) is 1. The molecule has 1 aromatic heterocycles. The zero-order chi connectivity index (χ0) is 11.3. The monoisotopic (exact) mass is 293 g/mol. The van der Waals surface area contributed by atoms with E-state index in [1.807, 2.05) is 0 Å². The maximum absolute atomic E-state index is 5.29. The van der Waals surface area contributed by atoms with E-state index in [1.165, 1.54) is 5.56 Å². The Morgan fingerprint density at radius 3 is 2.47 bits per heavy atom. The van der Waals surface area contributed by atoms with Gasteiger partial charge in [0.25, 0.3) is 0 Å². The lowest BCUT2D eigenvalue weighted by Crippen LogP contribution is -2.34. The smallest absolute Gasteiger partial charge is 0.176 e. The van der Waals surface area contributed by atoms with Gasteiger partial charge >= 0.3 is 0 Å². The summed E-state index contributed by atoms with van der Waals surface area (Å²) < 4.78 is 11.7. The van der Waals surface area contributed by atoms with Gasteiger partial charge in [-0.2, -0.15) is 11.3 Å². The van der Waals surface area contributed by atoms with E-state index in [0.717, 1.165) is 11.0 Å². The van der Waals surface area contributed by atoms with Crippen LogP contribution in [0, 0.1) is 0 Å². The van der Waals surface area contributed by atoms with Crippen LogP contribution in [-0.2, 0) is 9.47 Å². The number of thiophene rings is 1. The standard InChI is InChI=1S/C10H16BrNO2S/c1-4-12-9(10(13-2)14-3)7-5-15-6-8(7)11/h5-6,9-10,12H,4H2,1-3H3. The first-order valence-electron chi connectivity index (χ1n) is 4.75. The van der Waals surface area contributed by atoms with Crippen molar-refractivity contribution >= 4 is 27.3 Å². The quantitative estimate of drug-likeness (QED) is 0.818. The highest BCUT2D eigenvalue weighted by Gasteiger charge is 2.24. The minimum Gasteiger partial charge on any atom is -0.354 e. The van der Waals surface area contributed by atoms with Crippen LogP contribution < -0.4 is 5.32 Å². The highest BCUT2D eigenvalue weighted by molar-refractivity contribution is 9.10. The molecule has 1 heterocycles. The number of methoxy groups -OCH3 is 2. The number of likely N-dealkylation sites (N-methyl/N-ethyl adjacent to an activating group) is 1. The summed E-state index contributed by atoms with van der Waals surface area (Å²) in [5, 5.41) is 7.51. The highest BCUT2D eigenvalue weighted by atomic mass is 79.9. The molecule has 0 aliphatic carbocycles. The molecule has 0 saturated heterocycles. The van der Waals surface area contributed by atoms with Crippen LogP contribution in [0.25, 0.3) is 0 Å². The van der Waals surface area contributed by atoms with Crippen molar-refractivity contribution in [2.75, 3.05) is 20.8 Å². The van der Waals surface area contributed by atoms with E-state index < -0.39 is 0 Å². The average Bonchev–Trinajstić information content (AvgIpc) is 2.65. The van der Waals surface area contributed by atoms with Crippen LogP contribution in [-0.4, -0.2) is 27.1 Å². The molecule has 1 aromatic rings. The van der Waals surface area contributed by atoms with Crippen molar-refractivity contribution < 1.29 is 9.47 Å². The van der Waals surface area contributed by atoms with Gasteiger partial charge in [0.1, 0.15) is 0 Å². The van der Waals surface area contributed by atoms with E-state index in [1.54, 1.807) is 25.6 Å². The van der Waals surface area contributed by atoms with Gasteiger partial charge in [-0.15, -0.1) is 0 Å². The van der Waals surface area contributed by atoms with E-state index in [2.05, 4.69) is 38.9 Å². The minimum atomic E-state index is -0.268. The molecule has 5 heteroatoms. The molecule has 0 bridgehead atoms. The molecule has 0 aliphatic heterocycles. The molecule has 1 rings (SSSR count). The van der Waals surface area contributed by atoms with Crippen LogP contribution in [0.5, 0.6) is 0 Å². The first kappa shape index (κ1) is 13.1. The summed E-state index contributed by atoms with van der Waals surface area (Å²) in [5.41, 5.74) is 1.18. The van der Waals surface area contributed by atoms with Gasteiger partial charge in [0, 0.05) is 24.1 Å². The topological polar surface area (TPSA) is 30.5 Å². The molecule has 1 unspecified atom stereocenters. The Balaban J connectivity index is 2.86. The van der Waals surface area contributed by atoms with Gasteiger partial charge < -0.3 is 14.8 Å². The van der Waals surface area contributed by atoms with Crippen molar-refractivity contribution in [3.05, 3.63) is 20.8 Å². The molecule has 1 N–H and O–H groups in total. The Morgan fingerprint density at radius 1 is 1.40 bits per heavy atom. The van der Waals surface area contributed by atoms with Crippen molar-refractivity contribution in [1.29, 1.82) is 0 Å².